The standard InChI is InChI=1S/C17H17F2NO5S/c1-12(20-26(22,23)16-8-4-14(19)5-9-16)17(21)25-11-10-24-15-6-2-13(18)3-7-15/h2-9,12,20H,10-11H2,1H3/t12-/m0/s1. The summed E-state index contributed by atoms with van der Waals surface area (Å²) in [5.74, 6) is -1.35. The average Bonchev–Trinajstić information content (AvgIpc) is 2.60. The smallest absolute Gasteiger partial charge is 0.324 e. The predicted octanol–water partition coefficient (Wildman–Crippen LogP) is 2.25. The van der Waals surface area contributed by atoms with Gasteiger partial charge in [-0.05, 0) is 55.5 Å². The molecule has 0 fully saturated rings. The SMILES string of the molecule is C[C@H](NS(=O)(=O)c1ccc(F)cc1)C(=O)OCCOc1ccc(F)cc1. The van der Waals surface area contributed by atoms with Crippen LogP contribution in [0.2, 0.25) is 0 Å². The minimum atomic E-state index is -3.98. The Bertz CT molecular complexity index is 838. The molecule has 1 atom stereocenters. The maximum Gasteiger partial charge on any atom is 0.324 e. The van der Waals surface area contributed by atoms with Crippen LogP contribution >= 0.6 is 0 Å². The van der Waals surface area contributed by atoms with E-state index in [0.717, 1.165) is 24.3 Å². The van der Waals surface area contributed by atoms with Crippen molar-refractivity contribution in [3.05, 3.63) is 60.2 Å². The molecular formula is C17H17F2NO5S. The third-order valence-corrected chi connectivity index (χ3v) is 4.78. The van der Waals surface area contributed by atoms with Crippen LogP contribution in [0.1, 0.15) is 6.92 Å². The van der Waals surface area contributed by atoms with E-state index in [0.29, 0.717) is 5.75 Å². The number of halogens is 2. The molecule has 0 aliphatic carbocycles. The van der Waals surface area contributed by atoms with Gasteiger partial charge in [0.2, 0.25) is 10.0 Å². The Labute approximate surface area is 149 Å². The van der Waals surface area contributed by atoms with E-state index in [4.69, 9.17) is 9.47 Å². The molecule has 140 valence electrons. The first-order valence-corrected chi connectivity index (χ1v) is 9.09. The number of ether oxygens (including phenoxy) is 2. The highest BCUT2D eigenvalue weighted by molar-refractivity contribution is 7.89. The van der Waals surface area contributed by atoms with Gasteiger partial charge in [-0.15, -0.1) is 0 Å². The summed E-state index contributed by atoms with van der Waals surface area (Å²) in [7, 11) is -3.98. The van der Waals surface area contributed by atoms with Crippen molar-refractivity contribution in [3.63, 3.8) is 0 Å². The zero-order valence-electron chi connectivity index (χ0n) is 13.8. The fraction of sp³-hybridized carbons (Fsp3) is 0.235. The number of sulfonamides is 1. The van der Waals surface area contributed by atoms with Gasteiger partial charge in [0.05, 0.1) is 4.90 Å². The van der Waals surface area contributed by atoms with Gasteiger partial charge in [-0.25, -0.2) is 17.2 Å². The third kappa shape index (κ3) is 5.78. The summed E-state index contributed by atoms with van der Waals surface area (Å²) in [4.78, 5) is 11.7. The molecule has 9 heteroatoms. The lowest BCUT2D eigenvalue weighted by Crippen LogP contribution is -2.39. The van der Waals surface area contributed by atoms with Gasteiger partial charge in [-0.1, -0.05) is 0 Å². The molecule has 2 aromatic rings. The zero-order chi connectivity index (χ0) is 19.2. The number of carbonyl (C=O) groups excluding carboxylic acids is 1. The fourth-order valence-corrected chi connectivity index (χ4v) is 3.11. The highest BCUT2D eigenvalue weighted by Crippen LogP contribution is 2.12. The van der Waals surface area contributed by atoms with Crippen molar-refractivity contribution < 1.29 is 31.5 Å². The van der Waals surface area contributed by atoms with E-state index in [-0.39, 0.29) is 18.1 Å². The van der Waals surface area contributed by atoms with Crippen LogP contribution in [0, 0.1) is 11.6 Å². The molecule has 0 heterocycles. The van der Waals surface area contributed by atoms with Gasteiger partial charge in [-0.3, -0.25) is 4.79 Å². The Morgan fingerprint density at radius 2 is 1.54 bits per heavy atom. The van der Waals surface area contributed by atoms with Gasteiger partial charge < -0.3 is 9.47 Å². The fourth-order valence-electron chi connectivity index (χ4n) is 1.92. The summed E-state index contributed by atoms with van der Waals surface area (Å²) >= 11 is 0. The quantitative estimate of drug-likeness (QED) is 0.557. The predicted molar refractivity (Wildman–Crippen MR) is 89.0 cm³/mol. The van der Waals surface area contributed by atoms with E-state index in [1.807, 2.05) is 0 Å². The van der Waals surface area contributed by atoms with Gasteiger partial charge in [0.25, 0.3) is 0 Å². The normalized spacial score (nSPS) is 12.4. The van der Waals surface area contributed by atoms with Crippen molar-refractivity contribution in [1.29, 1.82) is 0 Å². The third-order valence-electron chi connectivity index (χ3n) is 3.22. The number of nitrogens with one attached hydrogen (secondary N) is 1. The molecule has 2 rings (SSSR count). The van der Waals surface area contributed by atoms with Crippen LogP contribution in [0.15, 0.2) is 53.4 Å². The number of carbonyl (C=O) groups is 1. The van der Waals surface area contributed by atoms with E-state index in [1.54, 1.807) is 0 Å². The van der Waals surface area contributed by atoms with Crippen LogP contribution < -0.4 is 9.46 Å². The lowest BCUT2D eigenvalue weighted by molar-refractivity contribution is -0.145. The summed E-state index contributed by atoms with van der Waals surface area (Å²) < 4.78 is 62.1. The summed E-state index contributed by atoms with van der Waals surface area (Å²) in [6, 6.07) is 8.36. The number of hydrogen-bond donors (Lipinski definition) is 1. The minimum Gasteiger partial charge on any atom is -0.490 e. The number of benzene rings is 2. The summed E-state index contributed by atoms with van der Waals surface area (Å²) in [6.45, 7) is 1.23. The molecule has 26 heavy (non-hydrogen) atoms. The molecule has 1 N–H and O–H groups in total. The molecule has 0 bridgehead atoms. The summed E-state index contributed by atoms with van der Waals surface area (Å²) in [5, 5.41) is 0. The first-order chi connectivity index (χ1) is 12.3. The van der Waals surface area contributed by atoms with E-state index in [2.05, 4.69) is 4.72 Å². The molecule has 0 saturated carbocycles. The van der Waals surface area contributed by atoms with Gasteiger partial charge in [-0.2, -0.15) is 4.72 Å². The van der Waals surface area contributed by atoms with Crippen molar-refractivity contribution in [2.24, 2.45) is 0 Å². The molecule has 0 amide bonds. The molecule has 0 unspecified atom stereocenters. The van der Waals surface area contributed by atoms with Gasteiger partial charge in [0, 0.05) is 0 Å². The second-order valence-corrected chi connectivity index (χ2v) is 6.98. The van der Waals surface area contributed by atoms with Crippen LogP contribution in [-0.4, -0.2) is 33.6 Å². The van der Waals surface area contributed by atoms with Crippen LogP contribution in [0.25, 0.3) is 0 Å². The van der Waals surface area contributed by atoms with Gasteiger partial charge in [0.1, 0.15) is 36.6 Å². The first kappa shape index (κ1) is 19.8. The molecule has 0 saturated heterocycles. The van der Waals surface area contributed by atoms with E-state index >= 15 is 0 Å². The Morgan fingerprint density at radius 1 is 1.00 bits per heavy atom. The van der Waals surface area contributed by atoms with Gasteiger partial charge in [0.15, 0.2) is 0 Å². The lowest BCUT2D eigenvalue weighted by atomic mass is 10.3. The number of esters is 1. The highest BCUT2D eigenvalue weighted by atomic mass is 32.2. The maximum atomic E-state index is 12.9. The Balaban J connectivity index is 1.79. The van der Waals surface area contributed by atoms with Crippen molar-refractivity contribution in [2.45, 2.75) is 17.9 Å². The number of hydrogen-bond acceptors (Lipinski definition) is 5. The number of rotatable bonds is 8. The maximum absolute atomic E-state index is 12.9. The van der Waals surface area contributed by atoms with E-state index < -0.39 is 33.7 Å². The van der Waals surface area contributed by atoms with Crippen molar-refractivity contribution in [1.82, 2.24) is 4.72 Å². The molecule has 0 aromatic heterocycles. The van der Waals surface area contributed by atoms with E-state index in [1.165, 1.54) is 31.2 Å². The largest absolute Gasteiger partial charge is 0.490 e. The first-order valence-electron chi connectivity index (χ1n) is 7.61. The minimum absolute atomic E-state index is 0.0226. The van der Waals surface area contributed by atoms with Gasteiger partial charge >= 0.3 is 5.97 Å². The molecular weight excluding hydrogens is 368 g/mol. The van der Waals surface area contributed by atoms with Crippen LogP contribution in [0.5, 0.6) is 5.75 Å². The second-order valence-electron chi connectivity index (χ2n) is 5.27. The summed E-state index contributed by atoms with van der Waals surface area (Å²) in [5.41, 5.74) is 0. The molecule has 0 spiro atoms. The van der Waals surface area contributed by atoms with Crippen LogP contribution in [-0.2, 0) is 19.6 Å². The van der Waals surface area contributed by atoms with Crippen molar-refractivity contribution in [2.75, 3.05) is 13.2 Å². The Kier molecular flexibility index (Phi) is 6.64. The molecule has 6 nitrogen and oxygen atoms in total. The molecule has 0 aliphatic heterocycles. The molecule has 2 aromatic carbocycles. The van der Waals surface area contributed by atoms with Crippen LogP contribution in [0.3, 0.4) is 0 Å². The molecule has 0 radical (unpaired) electrons. The average molecular weight is 385 g/mol. The Morgan fingerprint density at radius 3 is 2.12 bits per heavy atom. The zero-order valence-corrected chi connectivity index (χ0v) is 14.6. The topological polar surface area (TPSA) is 81.7 Å². The van der Waals surface area contributed by atoms with Crippen molar-refractivity contribution >= 4 is 16.0 Å². The summed E-state index contributed by atoms with van der Waals surface area (Å²) in [6.07, 6.45) is 0. The van der Waals surface area contributed by atoms with Crippen molar-refractivity contribution in [3.8, 4) is 5.75 Å². The Hall–Kier alpha value is -2.52. The molecule has 0 aliphatic rings. The monoisotopic (exact) mass is 385 g/mol. The lowest BCUT2D eigenvalue weighted by Gasteiger charge is -2.14. The van der Waals surface area contributed by atoms with Crippen LogP contribution in [0.4, 0.5) is 8.78 Å². The van der Waals surface area contributed by atoms with E-state index in [9.17, 15) is 22.0 Å². The highest BCUT2D eigenvalue weighted by Gasteiger charge is 2.23. The second kappa shape index (κ2) is 8.72.